The second-order valence-electron chi connectivity index (χ2n) is 4.63. The Kier molecular flexibility index (Phi) is 18.6. The topological polar surface area (TPSA) is 84.5 Å². The number of thiol groups is 1. The Hall–Kier alpha value is -0.420. The third-order valence-corrected chi connectivity index (χ3v) is 3.00. The fourth-order valence-electron chi connectivity index (χ4n) is 1.54. The van der Waals surface area contributed by atoms with Crippen LogP contribution in [0.4, 0.5) is 0 Å². The van der Waals surface area contributed by atoms with E-state index in [4.69, 9.17) is 28.4 Å². The van der Waals surface area contributed by atoms with Gasteiger partial charge in [-0.25, -0.2) is 0 Å². The molecule has 9 heteroatoms. The summed E-state index contributed by atoms with van der Waals surface area (Å²) in [6.45, 7) is 4.36. The summed E-state index contributed by atoms with van der Waals surface area (Å²) in [4.78, 5) is 11.5. The highest BCUT2D eigenvalue weighted by molar-refractivity contribution is 7.80. The predicted octanol–water partition coefficient (Wildman–Crippen LogP) is 0.108. The molecule has 0 aromatic rings. The van der Waals surface area contributed by atoms with Gasteiger partial charge in [0.15, 0.2) is 6.29 Å². The largest absolute Gasteiger partial charge is 0.379 e. The van der Waals surface area contributed by atoms with Crippen molar-refractivity contribution in [3.05, 3.63) is 0 Å². The van der Waals surface area contributed by atoms with Crippen molar-refractivity contribution in [3.63, 3.8) is 0 Å². The van der Waals surface area contributed by atoms with Crippen LogP contribution >= 0.6 is 12.6 Å². The first kappa shape index (κ1) is 23.6. The lowest BCUT2D eigenvalue weighted by Crippen LogP contribution is -2.34. The van der Waals surface area contributed by atoms with Crippen LogP contribution in [-0.4, -0.2) is 91.6 Å². The van der Waals surface area contributed by atoms with Gasteiger partial charge in [0, 0.05) is 26.4 Å². The Morgan fingerprint density at radius 2 is 1.29 bits per heavy atom. The summed E-state index contributed by atoms with van der Waals surface area (Å²) in [5.74, 6) is 0.606. The molecule has 0 aliphatic carbocycles. The van der Waals surface area contributed by atoms with Gasteiger partial charge in [0.2, 0.25) is 5.91 Å². The molecule has 1 amide bonds. The summed E-state index contributed by atoms with van der Waals surface area (Å²) in [7, 11) is 3.04. The smallest absolute Gasteiger partial charge is 0.222 e. The first-order valence-electron chi connectivity index (χ1n) is 7.98. The molecule has 24 heavy (non-hydrogen) atoms. The highest BCUT2D eigenvalue weighted by Crippen LogP contribution is 1.90. The molecule has 0 radical (unpaired) electrons. The van der Waals surface area contributed by atoms with Crippen molar-refractivity contribution in [2.45, 2.75) is 12.7 Å². The third-order valence-electron chi connectivity index (χ3n) is 2.82. The van der Waals surface area contributed by atoms with Crippen LogP contribution < -0.4 is 5.32 Å². The number of carbonyl (C=O) groups excluding carboxylic acids is 1. The molecule has 8 nitrogen and oxygen atoms in total. The number of rotatable bonds is 18. The summed E-state index contributed by atoms with van der Waals surface area (Å²) in [6, 6.07) is 0. The minimum absolute atomic E-state index is 0.108. The standard InChI is InChI=1S/C15H31NO7S/c1-18-15(19-2)13-16-14(17)3-4-20-5-6-21-7-8-22-9-10-23-11-12-24/h15,24H,3-13H2,1-2H3,(H,16,17). The van der Waals surface area contributed by atoms with Crippen molar-refractivity contribution in [3.8, 4) is 0 Å². The van der Waals surface area contributed by atoms with Crippen LogP contribution in [0.15, 0.2) is 0 Å². The maximum atomic E-state index is 11.5. The van der Waals surface area contributed by atoms with E-state index >= 15 is 0 Å². The minimum Gasteiger partial charge on any atom is -0.379 e. The molecule has 0 heterocycles. The summed E-state index contributed by atoms with van der Waals surface area (Å²) >= 11 is 4.03. The van der Waals surface area contributed by atoms with E-state index in [2.05, 4.69) is 17.9 Å². The second kappa shape index (κ2) is 18.9. The van der Waals surface area contributed by atoms with Crippen LogP contribution in [-0.2, 0) is 33.2 Å². The van der Waals surface area contributed by atoms with Crippen molar-refractivity contribution < 1.29 is 33.2 Å². The number of amides is 1. The van der Waals surface area contributed by atoms with Crippen molar-refractivity contribution in [1.29, 1.82) is 0 Å². The molecule has 0 aliphatic rings. The van der Waals surface area contributed by atoms with Crippen LogP contribution in [0.25, 0.3) is 0 Å². The SMILES string of the molecule is COC(CNC(=O)CCOCCOCCOCCOCCS)OC. The lowest BCUT2D eigenvalue weighted by atomic mass is 10.4. The molecule has 1 N–H and O–H groups in total. The molecule has 0 spiro atoms. The lowest BCUT2D eigenvalue weighted by molar-refractivity contribution is -0.128. The predicted molar refractivity (Wildman–Crippen MR) is 92.6 cm³/mol. The van der Waals surface area contributed by atoms with Gasteiger partial charge in [-0.05, 0) is 0 Å². The molecule has 0 unspecified atom stereocenters. The minimum atomic E-state index is -0.431. The number of methoxy groups -OCH3 is 2. The van der Waals surface area contributed by atoms with Crippen LogP contribution in [0.1, 0.15) is 6.42 Å². The molecule has 0 bridgehead atoms. The zero-order valence-corrected chi connectivity index (χ0v) is 15.6. The summed E-state index contributed by atoms with van der Waals surface area (Å²) in [5.41, 5.74) is 0. The number of carbonyl (C=O) groups is 1. The Bertz CT molecular complexity index is 281. The molecular formula is C15H31NO7S. The number of ether oxygens (including phenoxy) is 6. The molecule has 0 rings (SSSR count). The van der Waals surface area contributed by atoms with E-state index in [1.54, 1.807) is 0 Å². The fourth-order valence-corrected chi connectivity index (χ4v) is 1.67. The first-order valence-corrected chi connectivity index (χ1v) is 8.62. The van der Waals surface area contributed by atoms with Crippen molar-refractivity contribution in [2.75, 3.05) is 79.4 Å². The van der Waals surface area contributed by atoms with Crippen LogP contribution in [0.5, 0.6) is 0 Å². The molecule has 0 atom stereocenters. The quantitative estimate of drug-likeness (QED) is 0.201. The highest BCUT2D eigenvalue weighted by Gasteiger charge is 2.07. The van der Waals surface area contributed by atoms with E-state index in [1.165, 1.54) is 14.2 Å². The Morgan fingerprint density at radius 1 is 0.833 bits per heavy atom. The molecule has 0 saturated heterocycles. The Balaban J connectivity index is 3.20. The zero-order chi connectivity index (χ0) is 17.9. The Labute approximate surface area is 149 Å². The molecule has 0 aliphatic heterocycles. The molecular weight excluding hydrogens is 338 g/mol. The molecule has 144 valence electrons. The van der Waals surface area contributed by atoms with Gasteiger partial charge in [-0.3, -0.25) is 4.79 Å². The lowest BCUT2D eigenvalue weighted by Gasteiger charge is -2.14. The van der Waals surface area contributed by atoms with Crippen molar-refractivity contribution in [1.82, 2.24) is 5.32 Å². The van der Waals surface area contributed by atoms with E-state index < -0.39 is 6.29 Å². The summed E-state index contributed by atoms with van der Waals surface area (Å²) < 4.78 is 31.1. The average molecular weight is 369 g/mol. The average Bonchev–Trinajstić information content (AvgIpc) is 2.60. The van der Waals surface area contributed by atoms with E-state index in [1.807, 2.05) is 0 Å². The van der Waals surface area contributed by atoms with Crippen LogP contribution in [0.2, 0.25) is 0 Å². The second-order valence-corrected chi connectivity index (χ2v) is 5.08. The maximum absolute atomic E-state index is 11.5. The summed E-state index contributed by atoms with van der Waals surface area (Å²) in [6.07, 6.45) is -0.143. The molecule has 0 saturated carbocycles. The van der Waals surface area contributed by atoms with E-state index in [0.717, 1.165) is 0 Å². The van der Waals surface area contributed by atoms with Crippen LogP contribution in [0, 0.1) is 0 Å². The maximum Gasteiger partial charge on any atom is 0.222 e. The number of hydrogen-bond acceptors (Lipinski definition) is 8. The van der Waals surface area contributed by atoms with Gasteiger partial charge in [0.1, 0.15) is 0 Å². The van der Waals surface area contributed by atoms with E-state index in [-0.39, 0.29) is 12.3 Å². The van der Waals surface area contributed by atoms with E-state index in [0.29, 0.717) is 65.2 Å². The highest BCUT2D eigenvalue weighted by atomic mass is 32.1. The monoisotopic (exact) mass is 369 g/mol. The van der Waals surface area contributed by atoms with E-state index in [9.17, 15) is 4.79 Å². The zero-order valence-electron chi connectivity index (χ0n) is 14.7. The van der Waals surface area contributed by atoms with Gasteiger partial charge in [-0.15, -0.1) is 0 Å². The van der Waals surface area contributed by atoms with Gasteiger partial charge < -0.3 is 33.7 Å². The molecule has 0 aromatic heterocycles. The third kappa shape index (κ3) is 16.4. The van der Waals surface area contributed by atoms with Crippen LogP contribution in [0.3, 0.4) is 0 Å². The van der Waals surface area contributed by atoms with Crippen molar-refractivity contribution in [2.24, 2.45) is 0 Å². The van der Waals surface area contributed by atoms with Gasteiger partial charge >= 0.3 is 0 Å². The normalized spacial score (nSPS) is 11.2. The first-order chi connectivity index (χ1) is 11.7. The van der Waals surface area contributed by atoms with Gasteiger partial charge in [-0.1, -0.05) is 0 Å². The summed E-state index contributed by atoms with van der Waals surface area (Å²) in [5, 5.41) is 2.70. The van der Waals surface area contributed by atoms with Crippen molar-refractivity contribution >= 4 is 18.5 Å². The van der Waals surface area contributed by atoms with Gasteiger partial charge in [0.05, 0.1) is 59.4 Å². The fraction of sp³-hybridized carbons (Fsp3) is 0.933. The Morgan fingerprint density at radius 3 is 1.75 bits per heavy atom. The number of nitrogens with one attached hydrogen (secondary N) is 1. The number of hydrogen-bond donors (Lipinski definition) is 2. The molecule has 0 fully saturated rings. The van der Waals surface area contributed by atoms with Gasteiger partial charge in [0.25, 0.3) is 0 Å². The molecule has 0 aromatic carbocycles. The van der Waals surface area contributed by atoms with Gasteiger partial charge in [-0.2, -0.15) is 12.6 Å².